The highest BCUT2D eigenvalue weighted by atomic mass is 16.2. The summed E-state index contributed by atoms with van der Waals surface area (Å²) in [6.45, 7) is 1.46. The minimum absolute atomic E-state index is 0.0540. The maximum absolute atomic E-state index is 12.0. The van der Waals surface area contributed by atoms with Crippen molar-refractivity contribution in [3.63, 3.8) is 0 Å². The van der Waals surface area contributed by atoms with Crippen molar-refractivity contribution in [2.45, 2.75) is 44.6 Å². The van der Waals surface area contributed by atoms with Crippen LogP contribution in [0.3, 0.4) is 0 Å². The fourth-order valence-corrected chi connectivity index (χ4v) is 2.62. The minimum Gasteiger partial charge on any atom is -0.326 e. The fourth-order valence-electron chi connectivity index (χ4n) is 2.62. The highest BCUT2D eigenvalue weighted by molar-refractivity contribution is 5.92. The van der Waals surface area contributed by atoms with Crippen LogP contribution in [0, 0.1) is 0 Å². The van der Waals surface area contributed by atoms with Gasteiger partial charge in [0.25, 0.3) is 0 Å². The molecule has 0 heterocycles. The standard InChI is InChI=1S/C15H21N3O2/c1-11(19)17-12-4-6-13(7-5-12)18-14(20)10-15(16)8-2-3-9-15/h4-7H,2-3,8-10,16H2,1H3,(H,17,19)(H,18,20). The van der Waals surface area contributed by atoms with E-state index in [0.29, 0.717) is 17.8 Å². The molecule has 1 aromatic rings. The van der Waals surface area contributed by atoms with Crippen molar-refractivity contribution in [3.05, 3.63) is 24.3 Å². The molecule has 20 heavy (non-hydrogen) atoms. The van der Waals surface area contributed by atoms with Crippen LogP contribution >= 0.6 is 0 Å². The van der Waals surface area contributed by atoms with E-state index in [4.69, 9.17) is 5.73 Å². The van der Waals surface area contributed by atoms with Crippen LogP contribution in [0.2, 0.25) is 0 Å². The number of benzene rings is 1. The van der Waals surface area contributed by atoms with Crippen molar-refractivity contribution in [3.8, 4) is 0 Å². The third kappa shape index (κ3) is 4.06. The highest BCUT2D eigenvalue weighted by Gasteiger charge is 2.31. The lowest BCUT2D eigenvalue weighted by molar-refractivity contribution is -0.117. The van der Waals surface area contributed by atoms with Gasteiger partial charge >= 0.3 is 0 Å². The van der Waals surface area contributed by atoms with Gasteiger partial charge < -0.3 is 16.4 Å². The summed E-state index contributed by atoms with van der Waals surface area (Å²) in [5.41, 5.74) is 7.27. The second-order valence-electron chi connectivity index (χ2n) is 5.55. The first-order valence-corrected chi connectivity index (χ1v) is 6.93. The van der Waals surface area contributed by atoms with E-state index >= 15 is 0 Å². The third-order valence-corrected chi connectivity index (χ3v) is 3.60. The Morgan fingerprint density at radius 1 is 1.10 bits per heavy atom. The van der Waals surface area contributed by atoms with Crippen LogP contribution < -0.4 is 16.4 Å². The molecule has 5 nitrogen and oxygen atoms in total. The predicted octanol–water partition coefficient (Wildman–Crippen LogP) is 2.25. The molecule has 1 saturated carbocycles. The lowest BCUT2D eigenvalue weighted by Gasteiger charge is -2.22. The van der Waals surface area contributed by atoms with Gasteiger partial charge in [0, 0.05) is 30.3 Å². The molecule has 1 aliphatic rings. The normalized spacial score (nSPS) is 16.7. The summed E-state index contributed by atoms with van der Waals surface area (Å²) < 4.78 is 0. The lowest BCUT2D eigenvalue weighted by Crippen LogP contribution is -2.40. The molecule has 1 aliphatic carbocycles. The molecular formula is C15H21N3O2. The number of rotatable bonds is 4. The van der Waals surface area contributed by atoms with Gasteiger partial charge in [0.15, 0.2) is 0 Å². The molecule has 1 aromatic carbocycles. The van der Waals surface area contributed by atoms with E-state index in [0.717, 1.165) is 25.7 Å². The van der Waals surface area contributed by atoms with Crippen molar-refractivity contribution in [1.82, 2.24) is 0 Å². The average Bonchev–Trinajstić information content (AvgIpc) is 2.77. The Hall–Kier alpha value is -1.88. The van der Waals surface area contributed by atoms with Crippen LogP contribution in [0.15, 0.2) is 24.3 Å². The van der Waals surface area contributed by atoms with Crippen LogP contribution in [-0.4, -0.2) is 17.4 Å². The number of hydrogen-bond donors (Lipinski definition) is 3. The molecule has 5 heteroatoms. The second-order valence-corrected chi connectivity index (χ2v) is 5.55. The van der Waals surface area contributed by atoms with E-state index in [1.54, 1.807) is 24.3 Å². The summed E-state index contributed by atoms with van der Waals surface area (Å²) in [5, 5.41) is 5.52. The molecule has 0 saturated heterocycles. The average molecular weight is 275 g/mol. The van der Waals surface area contributed by atoms with Crippen molar-refractivity contribution >= 4 is 23.2 Å². The fraction of sp³-hybridized carbons (Fsp3) is 0.467. The van der Waals surface area contributed by atoms with Crippen molar-refractivity contribution in [1.29, 1.82) is 0 Å². The number of carbonyl (C=O) groups is 2. The minimum atomic E-state index is -0.333. The Morgan fingerprint density at radius 2 is 1.60 bits per heavy atom. The Morgan fingerprint density at radius 3 is 2.10 bits per heavy atom. The zero-order valence-corrected chi connectivity index (χ0v) is 11.7. The van der Waals surface area contributed by atoms with Gasteiger partial charge in [-0.1, -0.05) is 12.8 Å². The summed E-state index contributed by atoms with van der Waals surface area (Å²) in [7, 11) is 0. The largest absolute Gasteiger partial charge is 0.326 e. The SMILES string of the molecule is CC(=O)Nc1ccc(NC(=O)CC2(N)CCCC2)cc1. The number of nitrogens with one attached hydrogen (secondary N) is 2. The molecular weight excluding hydrogens is 254 g/mol. The molecule has 2 rings (SSSR count). The van der Waals surface area contributed by atoms with Crippen LogP contribution in [0.5, 0.6) is 0 Å². The first-order chi connectivity index (χ1) is 9.47. The molecule has 0 unspecified atom stereocenters. The second kappa shape index (κ2) is 6.05. The zero-order chi connectivity index (χ0) is 14.6. The molecule has 4 N–H and O–H groups in total. The van der Waals surface area contributed by atoms with Gasteiger partial charge in [-0.05, 0) is 37.1 Å². The summed E-state index contributed by atoms with van der Waals surface area (Å²) >= 11 is 0. The lowest BCUT2D eigenvalue weighted by atomic mass is 9.94. The molecule has 0 bridgehead atoms. The van der Waals surface area contributed by atoms with Gasteiger partial charge in [-0.3, -0.25) is 9.59 Å². The van der Waals surface area contributed by atoms with Gasteiger partial charge in [0.1, 0.15) is 0 Å². The van der Waals surface area contributed by atoms with E-state index in [2.05, 4.69) is 10.6 Å². The topological polar surface area (TPSA) is 84.2 Å². The maximum Gasteiger partial charge on any atom is 0.226 e. The van der Waals surface area contributed by atoms with E-state index in [1.807, 2.05) is 0 Å². The van der Waals surface area contributed by atoms with Crippen LogP contribution in [0.1, 0.15) is 39.0 Å². The number of nitrogens with two attached hydrogens (primary N) is 1. The third-order valence-electron chi connectivity index (χ3n) is 3.60. The molecule has 108 valence electrons. The van der Waals surface area contributed by atoms with Crippen LogP contribution in [0.4, 0.5) is 11.4 Å². The predicted molar refractivity (Wildman–Crippen MR) is 79.4 cm³/mol. The number of hydrogen-bond acceptors (Lipinski definition) is 3. The summed E-state index contributed by atoms with van der Waals surface area (Å²) in [4.78, 5) is 22.9. The quantitative estimate of drug-likeness (QED) is 0.788. The van der Waals surface area contributed by atoms with Crippen LogP contribution in [0.25, 0.3) is 0 Å². The first kappa shape index (κ1) is 14.5. The van der Waals surface area contributed by atoms with Crippen LogP contribution in [-0.2, 0) is 9.59 Å². The summed E-state index contributed by atoms with van der Waals surface area (Å²) in [6.07, 6.45) is 4.41. The van der Waals surface area contributed by atoms with Gasteiger partial charge in [-0.2, -0.15) is 0 Å². The molecule has 0 radical (unpaired) electrons. The van der Waals surface area contributed by atoms with E-state index < -0.39 is 0 Å². The highest BCUT2D eigenvalue weighted by Crippen LogP contribution is 2.30. The monoisotopic (exact) mass is 275 g/mol. The maximum atomic E-state index is 12.0. The summed E-state index contributed by atoms with van der Waals surface area (Å²) in [5.74, 6) is -0.172. The number of amides is 2. The number of anilines is 2. The van der Waals surface area contributed by atoms with Gasteiger partial charge in [-0.25, -0.2) is 0 Å². The van der Waals surface area contributed by atoms with Crippen molar-refractivity contribution < 1.29 is 9.59 Å². The van der Waals surface area contributed by atoms with E-state index in [-0.39, 0.29) is 17.4 Å². The molecule has 0 aromatic heterocycles. The number of carbonyl (C=O) groups excluding carboxylic acids is 2. The summed E-state index contributed by atoms with van der Waals surface area (Å²) in [6, 6.07) is 7.04. The Balaban J connectivity index is 1.89. The van der Waals surface area contributed by atoms with Gasteiger partial charge in [-0.15, -0.1) is 0 Å². The molecule has 0 atom stereocenters. The van der Waals surface area contributed by atoms with E-state index in [9.17, 15) is 9.59 Å². The van der Waals surface area contributed by atoms with Gasteiger partial charge in [0.05, 0.1) is 0 Å². The Kier molecular flexibility index (Phi) is 4.39. The Labute approximate surface area is 118 Å². The smallest absolute Gasteiger partial charge is 0.226 e. The first-order valence-electron chi connectivity index (χ1n) is 6.93. The molecule has 2 amide bonds. The molecule has 0 spiro atoms. The van der Waals surface area contributed by atoms with E-state index in [1.165, 1.54) is 6.92 Å². The zero-order valence-electron chi connectivity index (χ0n) is 11.7. The molecule has 0 aliphatic heterocycles. The van der Waals surface area contributed by atoms with Gasteiger partial charge in [0.2, 0.25) is 11.8 Å². The van der Waals surface area contributed by atoms with Crippen molar-refractivity contribution in [2.75, 3.05) is 10.6 Å². The molecule has 1 fully saturated rings. The van der Waals surface area contributed by atoms with Crippen molar-refractivity contribution in [2.24, 2.45) is 5.73 Å². The Bertz CT molecular complexity index is 490.